The number of esters is 1. The van der Waals surface area contributed by atoms with Crippen LogP contribution >= 0.6 is 15.9 Å². The van der Waals surface area contributed by atoms with Gasteiger partial charge in [0.1, 0.15) is 0 Å². The number of benzene rings is 1. The van der Waals surface area contributed by atoms with Crippen LogP contribution in [0.15, 0.2) is 45.5 Å². The summed E-state index contributed by atoms with van der Waals surface area (Å²) < 4.78 is 10.7. The molecule has 0 aliphatic heterocycles. The van der Waals surface area contributed by atoms with Crippen molar-refractivity contribution in [1.82, 2.24) is 0 Å². The number of nitrogens with one attached hydrogen (secondary N) is 1. The van der Waals surface area contributed by atoms with Crippen molar-refractivity contribution < 1.29 is 18.7 Å². The summed E-state index contributed by atoms with van der Waals surface area (Å²) in [7, 11) is 0. The van der Waals surface area contributed by atoms with Crippen LogP contribution in [0.25, 0.3) is 0 Å². The monoisotopic (exact) mass is 323 g/mol. The van der Waals surface area contributed by atoms with Crippen LogP contribution in [0.1, 0.15) is 17.5 Å². The summed E-state index contributed by atoms with van der Waals surface area (Å²) in [4.78, 5) is 22.9. The van der Waals surface area contributed by atoms with Gasteiger partial charge in [0.25, 0.3) is 0 Å². The zero-order valence-corrected chi connectivity index (χ0v) is 11.6. The number of amides is 1. The fraction of sp³-hybridized carbons (Fsp3) is 0.0769. The Labute approximate surface area is 117 Å². The Kier molecular flexibility index (Phi) is 4.01. The standard InChI is InChI=1S/C13H10BrNO4/c1-8(16)15-9-4-2-3-5-10(9)19-13(17)11-6-7-12(14)18-11/h2-7H,1H3,(H,15,16). The van der Waals surface area contributed by atoms with Crippen molar-refractivity contribution in [3.63, 3.8) is 0 Å². The first kappa shape index (κ1) is 13.4. The third-order valence-corrected chi connectivity index (χ3v) is 2.60. The Morgan fingerprint density at radius 3 is 2.58 bits per heavy atom. The van der Waals surface area contributed by atoms with E-state index in [1.165, 1.54) is 13.0 Å². The number of carbonyl (C=O) groups is 2. The fourth-order valence-electron chi connectivity index (χ4n) is 1.42. The number of hydrogen-bond donors (Lipinski definition) is 1. The molecule has 0 unspecified atom stereocenters. The largest absolute Gasteiger partial charge is 0.442 e. The number of rotatable bonds is 3. The van der Waals surface area contributed by atoms with Gasteiger partial charge in [-0.1, -0.05) is 12.1 Å². The molecule has 1 aromatic carbocycles. The predicted octanol–water partition coefficient (Wildman–Crippen LogP) is 3.22. The number of hydrogen-bond acceptors (Lipinski definition) is 4. The average Bonchev–Trinajstić information content (AvgIpc) is 2.78. The highest BCUT2D eigenvalue weighted by atomic mass is 79.9. The van der Waals surface area contributed by atoms with Crippen LogP contribution in [0.5, 0.6) is 5.75 Å². The SMILES string of the molecule is CC(=O)Nc1ccccc1OC(=O)c1ccc(Br)o1. The molecular formula is C13H10BrNO4. The first-order valence-corrected chi connectivity index (χ1v) is 6.19. The molecule has 0 saturated carbocycles. The fourth-order valence-corrected chi connectivity index (χ4v) is 1.73. The molecule has 5 nitrogen and oxygen atoms in total. The van der Waals surface area contributed by atoms with Gasteiger partial charge in [-0.25, -0.2) is 4.79 Å². The topological polar surface area (TPSA) is 68.5 Å². The summed E-state index contributed by atoms with van der Waals surface area (Å²) in [6.45, 7) is 1.38. The second-order valence-electron chi connectivity index (χ2n) is 3.67. The van der Waals surface area contributed by atoms with Gasteiger partial charge in [0.2, 0.25) is 11.7 Å². The lowest BCUT2D eigenvalue weighted by atomic mass is 10.3. The number of ether oxygens (including phenoxy) is 1. The van der Waals surface area contributed by atoms with Gasteiger partial charge in [-0.15, -0.1) is 0 Å². The molecule has 0 spiro atoms. The van der Waals surface area contributed by atoms with E-state index in [4.69, 9.17) is 9.15 Å². The van der Waals surface area contributed by atoms with E-state index in [1.807, 2.05) is 0 Å². The maximum atomic E-state index is 11.8. The molecule has 0 saturated heterocycles. The van der Waals surface area contributed by atoms with Gasteiger partial charge in [-0.05, 0) is 40.2 Å². The molecule has 2 rings (SSSR count). The Balaban J connectivity index is 2.19. The van der Waals surface area contributed by atoms with E-state index >= 15 is 0 Å². The number of halogens is 1. The van der Waals surface area contributed by atoms with Gasteiger partial charge in [-0.2, -0.15) is 0 Å². The van der Waals surface area contributed by atoms with Crippen molar-refractivity contribution in [1.29, 1.82) is 0 Å². The Hall–Kier alpha value is -2.08. The van der Waals surface area contributed by atoms with E-state index in [2.05, 4.69) is 21.2 Å². The molecule has 98 valence electrons. The van der Waals surface area contributed by atoms with Crippen molar-refractivity contribution in [3.05, 3.63) is 46.8 Å². The third-order valence-electron chi connectivity index (χ3n) is 2.17. The minimum atomic E-state index is -0.636. The molecule has 0 atom stereocenters. The van der Waals surface area contributed by atoms with E-state index < -0.39 is 5.97 Å². The number of anilines is 1. The van der Waals surface area contributed by atoms with Crippen LogP contribution in [-0.4, -0.2) is 11.9 Å². The molecule has 0 aliphatic carbocycles. The minimum Gasteiger partial charge on any atom is -0.442 e. The summed E-state index contributed by atoms with van der Waals surface area (Å²) >= 11 is 3.10. The molecule has 1 amide bonds. The van der Waals surface area contributed by atoms with Crippen LogP contribution in [0.2, 0.25) is 0 Å². The number of carbonyl (C=O) groups excluding carboxylic acids is 2. The molecule has 0 radical (unpaired) electrons. The van der Waals surface area contributed by atoms with Gasteiger partial charge >= 0.3 is 5.97 Å². The third kappa shape index (κ3) is 3.45. The summed E-state index contributed by atoms with van der Waals surface area (Å²) in [6.07, 6.45) is 0. The molecule has 1 N–H and O–H groups in total. The summed E-state index contributed by atoms with van der Waals surface area (Å²) in [5, 5.41) is 2.58. The molecule has 1 aromatic heterocycles. The van der Waals surface area contributed by atoms with Crippen LogP contribution in [0.3, 0.4) is 0 Å². The zero-order valence-electron chi connectivity index (χ0n) is 9.98. The highest BCUT2D eigenvalue weighted by Crippen LogP contribution is 2.25. The van der Waals surface area contributed by atoms with E-state index in [0.29, 0.717) is 10.4 Å². The smallest absolute Gasteiger partial charge is 0.379 e. The second kappa shape index (κ2) is 5.71. The van der Waals surface area contributed by atoms with E-state index in [0.717, 1.165) is 0 Å². The average molecular weight is 324 g/mol. The number of furan rings is 1. The quantitative estimate of drug-likeness (QED) is 0.695. The van der Waals surface area contributed by atoms with Gasteiger partial charge in [0, 0.05) is 6.92 Å². The van der Waals surface area contributed by atoms with Crippen LogP contribution in [0, 0.1) is 0 Å². The van der Waals surface area contributed by atoms with Gasteiger partial charge in [0.15, 0.2) is 10.4 Å². The molecule has 0 bridgehead atoms. The lowest BCUT2D eigenvalue weighted by molar-refractivity contribution is -0.114. The Morgan fingerprint density at radius 2 is 1.95 bits per heavy atom. The highest BCUT2D eigenvalue weighted by Gasteiger charge is 2.15. The van der Waals surface area contributed by atoms with Crippen molar-refractivity contribution in [2.45, 2.75) is 6.92 Å². The molecule has 0 fully saturated rings. The van der Waals surface area contributed by atoms with Crippen molar-refractivity contribution in [2.24, 2.45) is 0 Å². The zero-order chi connectivity index (χ0) is 13.8. The van der Waals surface area contributed by atoms with Gasteiger partial charge in [-0.3, -0.25) is 4.79 Å². The summed E-state index contributed by atoms with van der Waals surface area (Å²) in [6, 6.07) is 9.74. The second-order valence-corrected chi connectivity index (χ2v) is 4.45. The molecule has 2 aromatic rings. The molecule has 0 aliphatic rings. The Morgan fingerprint density at radius 1 is 1.21 bits per heavy atom. The minimum absolute atomic E-state index is 0.0736. The van der Waals surface area contributed by atoms with Gasteiger partial charge < -0.3 is 14.5 Å². The Bertz CT molecular complexity index is 621. The van der Waals surface area contributed by atoms with E-state index in [1.54, 1.807) is 30.3 Å². The maximum absolute atomic E-state index is 11.8. The van der Waals surface area contributed by atoms with E-state index in [-0.39, 0.29) is 17.4 Å². The molecular weight excluding hydrogens is 314 g/mol. The predicted molar refractivity (Wildman–Crippen MR) is 72.1 cm³/mol. The van der Waals surface area contributed by atoms with Gasteiger partial charge in [0.05, 0.1) is 5.69 Å². The molecule has 1 heterocycles. The van der Waals surface area contributed by atoms with Crippen molar-refractivity contribution in [2.75, 3.05) is 5.32 Å². The maximum Gasteiger partial charge on any atom is 0.379 e. The number of para-hydroxylation sites is 2. The lowest BCUT2D eigenvalue weighted by Gasteiger charge is -2.08. The van der Waals surface area contributed by atoms with E-state index in [9.17, 15) is 9.59 Å². The first-order chi connectivity index (χ1) is 9.06. The van der Waals surface area contributed by atoms with Crippen molar-refractivity contribution in [3.8, 4) is 5.75 Å². The normalized spacial score (nSPS) is 10.0. The van der Waals surface area contributed by atoms with Crippen LogP contribution in [0.4, 0.5) is 5.69 Å². The van der Waals surface area contributed by atoms with Crippen molar-refractivity contribution >= 4 is 33.5 Å². The summed E-state index contributed by atoms with van der Waals surface area (Å²) in [5.41, 5.74) is 0.425. The van der Waals surface area contributed by atoms with Crippen LogP contribution < -0.4 is 10.1 Å². The first-order valence-electron chi connectivity index (χ1n) is 5.40. The lowest BCUT2D eigenvalue weighted by Crippen LogP contribution is -2.11. The summed E-state index contributed by atoms with van der Waals surface area (Å²) in [5.74, 6) is -0.549. The highest BCUT2D eigenvalue weighted by molar-refractivity contribution is 9.10. The van der Waals surface area contributed by atoms with Crippen LogP contribution in [-0.2, 0) is 4.79 Å². The molecule has 6 heteroatoms. The molecule has 19 heavy (non-hydrogen) atoms.